The van der Waals surface area contributed by atoms with Crippen LogP contribution in [0.5, 0.6) is 0 Å². The molecule has 5 heteroatoms. The molecule has 0 spiro atoms. The molecule has 0 N–H and O–H groups in total. The van der Waals surface area contributed by atoms with Gasteiger partial charge in [-0.25, -0.2) is 22.0 Å². The van der Waals surface area contributed by atoms with Crippen LogP contribution in [0.2, 0.25) is 0 Å². The number of allylic oxidation sites excluding steroid dienone is 1. The van der Waals surface area contributed by atoms with E-state index in [1.807, 2.05) is 6.92 Å². The van der Waals surface area contributed by atoms with Crippen molar-refractivity contribution in [1.29, 1.82) is 0 Å². The van der Waals surface area contributed by atoms with Crippen LogP contribution in [0, 0.1) is 29.1 Å². The van der Waals surface area contributed by atoms with Crippen molar-refractivity contribution < 1.29 is 22.0 Å². The number of unbranched alkanes of at least 4 members (excludes halogenated alkanes) is 1. The van der Waals surface area contributed by atoms with Crippen molar-refractivity contribution in [2.24, 2.45) is 0 Å². The van der Waals surface area contributed by atoms with Crippen molar-refractivity contribution in [3.63, 3.8) is 0 Å². The van der Waals surface area contributed by atoms with Gasteiger partial charge in [0, 0.05) is 16.7 Å². The molecule has 4 rings (SSSR count). The lowest BCUT2D eigenvalue weighted by Crippen LogP contribution is -2.05. The fraction of sp³-hybridized carbons (Fsp3) is 0.286. The SMILES string of the molecule is CCCCc1ccc(C2=Cc3cc(F)c(-c4ccc(CC)c(F)c4F)cc3CC2)c(F)c1F. The topological polar surface area (TPSA) is 0 Å². The number of fused-ring (bicyclic) bond motifs is 1. The van der Waals surface area contributed by atoms with E-state index < -0.39 is 29.1 Å². The first-order chi connectivity index (χ1) is 15.8. The molecule has 0 saturated heterocycles. The quantitative estimate of drug-likeness (QED) is 0.327. The first kappa shape index (κ1) is 23.2. The van der Waals surface area contributed by atoms with Crippen LogP contribution >= 0.6 is 0 Å². The van der Waals surface area contributed by atoms with Gasteiger partial charge in [0.25, 0.3) is 0 Å². The average Bonchev–Trinajstić information content (AvgIpc) is 2.81. The van der Waals surface area contributed by atoms with E-state index in [0.29, 0.717) is 42.4 Å². The Hall–Kier alpha value is -2.95. The second-order valence-electron chi connectivity index (χ2n) is 8.46. The molecular formula is C28H25F5. The summed E-state index contributed by atoms with van der Waals surface area (Å²) in [5.74, 6) is -4.45. The molecule has 0 unspecified atom stereocenters. The van der Waals surface area contributed by atoms with E-state index in [2.05, 4.69) is 0 Å². The molecular weight excluding hydrogens is 431 g/mol. The Balaban J connectivity index is 1.72. The van der Waals surface area contributed by atoms with Crippen molar-refractivity contribution in [3.05, 3.63) is 93.3 Å². The van der Waals surface area contributed by atoms with Gasteiger partial charge in [-0.1, -0.05) is 50.6 Å². The van der Waals surface area contributed by atoms with E-state index in [4.69, 9.17) is 0 Å². The molecule has 0 aliphatic heterocycles. The van der Waals surface area contributed by atoms with Crippen LogP contribution in [-0.2, 0) is 19.3 Å². The molecule has 0 aromatic heterocycles. The number of rotatable bonds is 6. The maximum atomic E-state index is 14.9. The minimum absolute atomic E-state index is 0.0119. The van der Waals surface area contributed by atoms with Gasteiger partial charge in [-0.3, -0.25) is 0 Å². The summed E-state index contributed by atoms with van der Waals surface area (Å²) in [5.41, 5.74) is 2.47. The van der Waals surface area contributed by atoms with Crippen LogP contribution in [0.25, 0.3) is 22.8 Å². The van der Waals surface area contributed by atoms with Crippen molar-refractivity contribution >= 4 is 11.6 Å². The van der Waals surface area contributed by atoms with Gasteiger partial charge in [0.15, 0.2) is 23.3 Å². The van der Waals surface area contributed by atoms with Crippen LogP contribution in [0.4, 0.5) is 22.0 Å². The van der Waals surface area contributed by atoms with Gasteiger partial charge in [0.05, 0.1) is 0 Å². The summed E-state index contributed by atoms with van der Waals surface area (Å²) in [5, 5.41) is 0. The molecule has 0 atom stereocenters. The summed E-state index contributed by atoms with van der Waals surface area (Å²) < 4.78 is 73.1. The fourth-order valence-corrected chi connectivity index (χ4v) is 4.40. The van der Waals surface area contributed by atoms with Gasteiger partial charge in [0.1, 0.15) is 5.82 Å². The summed E-state index contributed by atoms with van der Waals surface area (Å²) in [6, 6.07) is 8.82. The molecule has 3 aromatic rings. The lowest BCUT2D eigenvalue weighted by Gasteiger charge is -2.20. The maximum absolute atomic E-state index is 14.9. The molecule has 0 saturated carbocycles. The van der Waals surface area contributed by atoms with Gasteiger partial charge >= 0.3 is 0 Å². The number of halogens is 5. The van der Waals surface area contributed by atoms with Crippen molar-refractivity contribution in [1.82, 2.24) is 0 Å². The lowest BCUT2D eigenvalue weighted by atomic mass is 9.86. The average molecular weight is 456 g/mol. The minimum atomic E-state index is -1.07. The minimum Gasteiger partial charge on any atom is -0.206 e. The zero-order valence-corrected chi connectivity index (χ0v) is 18.7. The highest BCUT2D eigenvalue weighted by Gasteiger charge is 2.22. The molecule has 0 nitrogen and oxygen atoms in total. The third-order valence-corrected chi connectivity index (χ3v) is 6.36. The third kappa shape index (κ3) is 4.33. The fourth-order valence-electron chi connectivity index (χ4n) is 4.40. The Morgan fingerprint density at radius 3 is 2.09 bits per heavy atom. The van der Waals surface area contributed by atoms with Crippen molar-refractivity contribution in [2.45, 2.75) is 52.4 Å². The largest absolute Gasteiger partial charge is 0.206 e. The monoisotopic (exact) mass is 456 g/mol. The maximum Gasteiger partial charge on any atom is 0.167 e. The van der Waals surface area contributed by atoms with Gasteiger partial charge < -0.3 is 0 Å². The highest BCUT2D eigenvalue weighted by molar-refractivity contribution is 5.85. The van der Waals surface area contributed by atoms with Gasteiger partial charge in [0.2, 0.25) is 0 Å². The molecule has 0 radical (unpaired) electrons. The molecule has 0 bridgehead atoms. The predicted octanol–water partition coefficient (Wildman–Crippen LogP) is 8.44. The first-order valence-electron chi connectivity index (χ1n) is 11.3. The second kappa shape index (κ2) is 9.50. The zero-order chi connectivity index (χ0) is 23.7. The van der Waals surface area contributed by atoms with Crippen LogP contribution < -0.4 is 0 Å². The third-order valence-electron chi connectivity index (χ3n) is 6.36. The molecule has 0 amide bonds. The van der Waals surface area contributed by atoms with E-state index in [0.717, 1.165) is 18.4 Å². The highest BCUT2D eigenvalue weighted by atomic mass is 19.2. The van der Waals surface area contributed by atoms with E-state index in [9.17, 15) is 22.0 Å². The Kier molecular flexibility index (Phi) is 6.68. The number of benzene rings is 3. The van der Waals surface area contributed by atoms with E-state index in [1.54, 1.807) is 25.1 Å². The van der Waals surface area contributed by atoms with E-state index in [1.165, 1.54) is 24.3 Å². The Morgan fingerprint density at radius 2 is 1.36 bits per heavy atom. The zero-order valence-electron chi connectivity index (χ0n) is 18.7. The second-order valence-corrected chi connectivity index (χ2v) is 8.46. The van der Waals surface area contributed by atoms with E-state index >= 15 is 0 Å². The standard InChI is InChI=1S/C28H25F5/c1-3-5-6-17-10-11-21(27(32)26(17)31)19-8-7-18-14-23(24(29)15-20(18)13-19)22-12-9-16(4-2)25(30)28(22)33/h9-15H,3-8H2,1-2H3. The molecule has 172 valence electrons. The lowest BCUT2D eigenvalue weighted by molar-refractivity contribution is 0.494. The summed E-state index contributed by atoms with van der Waals surface area (Å²) >= 11 is 0. The first-order valence-corrected chi connectivity index (χ1v) is 11.3. The Bertz CT molecular complexity index is 1240. The molecule has 33 heavy (non-hydrogen) atoms. The van der Waals surface area contributed by atoms with Crippen LogP contribution in [0.15, 0.2) is 36.4 Å². The Labute approximate surface area is 190 Å². The van der Waals surface area contributed by atoms with E-state index in [-0.39, 0.29) is 22.3 Å². The molecule has 1 aliphatic rings. The summed E-state index contributed by atoms with van der Waals surface area (Å²) in [6.45, 7) is 3.71. The predicted molar refractivity (Wildman–Crippen MR) is 122 cm³/mol. The highest BCUT2D eigenvalue weighted by Crippen LogP contribution is 2.37. The van der Waals surface area contributed by atoms with Crippen LogP contribution in [0.1, 0.15) is 60.9 Å². The van der Waals surface area contributed by atoms with Crippen LogP contribution in [0.3, 0.4) is 0 Å². The summed E-state index contributed by atoms with van der Waals surface area (Å²) in [6.07, 6.45) is 4.99. The smallest absolute Gasteiger partial charge is 0.167 e. The van der Waals surface area contributed by atoms with Crippen molar-refractivity contribution in [2.75, 3.05) is 0 Å². The normalized spacial score (nSPS) is 13.1. The number of aryl methyl sites for hydroxylation is 3. The molecule has 0 fully saturated rings. The molecule has 0 heterocycles. The Morgan fingerprint density at radius 1 is 0.697 bits per heavy atom. The van der Waals surface area contributed by atoms with Crippen LogP contribution in [-0.4, -0.2) is 0 Å². The number of hydrogen-bond acceptors (Lipinski definition) is 0. The van der Waals surface area contributed by atoms with Gasteiger partial charge in [-0.2, -0.15) is 0 Å². The van der Waals surface area contributed by atoms with Crippen molar-refractivity contribution in [3.8, 4) is 11.1 Å². The molecule has 3 aromatic carbocycles. The summed E-state index contributed by atoms with van der Waals surface area (Å²) in [4.78, 5) is 0. The number of hydrogen-bond donors (Lipinski definition) is 0. The molecule has 1 aliphatic carbocycles. The van der Waals surface area contributed by atoms with Gasteiger partial charge in [-0.15, -0.1) is 0 Å². The summed E-state index contributed by atoms with van der Waals surface area (Å²) in [7, 11) is 0. The van der Waals surface area contributed by atoms with Gasteiger partial charge in [-0.05, 0) is 72.1 Å².